The molecule has 0 bridgehead atoms. The summed E-state index contributed by atoms with van der Waals surface area (Å²) in [6.45, 7) is 1.76. The highest BCUT2D eigenvalue weighted by Crippen LogP contribution is 2.23. The van der Waals surface area contributed by atoms with Crippen LogP contribution in [0.15, 0.2) is 47.4 Å². The Hall–Kier alpha value is -2.05. The van der Waals surface area contributed by atoms with Crippen molar-refractivity contribution in [3.8, 4) is 5.75 Å². The SMILES string of the molecule is CC(NC(=O)c1cc(Cl)ccc1O)c1ccc(S(C)(=O)=O)cc1. The number of sulfone groups is 1. The molecular weight excluding hydrogens is 338 g/mol. The monoisotopic (exact) mass is 353 g/mol. The Labute approximate surface area is 139 Å². The van der Waals surface area contributed by atoms with Crippen molar-refractivity contribution in [2.45, 2.75) is 17.9 Å². The third-order valence-electron chi connectivity index (χ3n) is 3.36. The van der Waals surface area contributed by atoms with E-state index in [9.17, 15) is 18.3 Å². The highest BCUT2D eigenvalue weighted by Gasteiger charge is 2.16. The fraction of sp³-hybridized carbons (Fsp3) is 0.188. The van der Waals surface area contributed by atoms with Gasteiger partial charge in [-0.3, -0.25) is 4.79 Å². The fourth-order valence-corrected chi connectivity index (χ4v) is 2.85. The predicted molar refractivity (Wildman–Crippen MR) is 88.5 cm³/mol. The Morgan fingerprint density at radius 1 is 1.17 bits per heavy atom. The van der Waals surface area contributed by atoms with Crippen LogP contribution >= 0.6 is 11.6 Å². The Bertz CT molecular complexity index is 832. The van der Waals surface area contributed by atoms with Crippen molar-refractivity contribution in [3.05, 3.63) is 58.6 Å². The first-order valence-corrected chi connectivity index (χ1v) is 9.05. The molecule has 0 radical (unpaired) electrons. The zero-order valence-corrected chi connectivity index (χ0v) is 14.1. The quantitative estimate of drug-likeness (QED) is 0.885. The fourth-order valence-electron chi connectivity index (χ4n) is 2.05. The molecule has 0 saturated heterocycles. The minimum Gasteiger partial charge on any atom is -0.507 e. The molecule has 0 heterocycles. The summed E-state index contributed by atoms with van der Waals surface area (Å²) in [6.07, 6.45) is 1.13. The number of carbonyl (C=O) groups excluding carboxylic acids is 1. The summed E-state index contributed by atoms with van der Waals surface area (Å²) in [6, 6.07) is 10.1. The second-order valence-electron chi connectivity index (χ2n) is 5.20. The van der Waals surface area contributed by atoms with E-state index in [1.165, 1.54) is 30.3 Å². The maximum absolute atomic E-state index is 12.2. The van der Waals surface area contributed by atoms with E-state index in [4.69, 9.17) is 11.6 Å². The topological polar surface area (TPSA) is 83.5 Å². The highest BCUT2D eigenvalue weighted by atomic mass is 35.5. The molecule has 2 aromatic carbocycles. The van der Waals surface area contributed by atoms with Crippen LogP contribution in [0.3, 0.4) is 0 Å². The molecule has 1 atom stereocenters. The summed E-state index contributed by atoms with van der Waals surface area (Å²) in [5, 5.41) is 12.8. The van der Waals surface area contributed by atoms with Gasteiger partial charge in [0.15, 0.2) is 9.84 Å². The molecule has 2 rings (SSSR count). The van der Waals surface area contributed by atoms with Gasteiger partial charge in [0.1, 0.15) is 5.75 Å². The summed E-state index contributed by atoms with van der Waals surface area (Å²) in [5.74, 6) is -0.629. The standard InChI is InChI=1S/C16H16ClNO4S/c1-10(11-3-6-13(7-4-11)23(2,21)22)18-16(20)14-9-12(17)5-8-15(14)19/h3-10,19H,1-2H3,(H,18,20). The minimum atomic E-state index is -3.26. The molecule has 0 saturated carbocycles. The largest absolute Gasteiger partial charge is 0.507 e. The Balaban J connectivity index is 2.17. The third-order valence-corrected chi connectivity index (χ3v) is 4.72. The van der Waals surface area contributed by atoms with Crippen LogP contribution in [-0.4, -0.2) is 25.7 Å². The van der Waals surface area contributed by atoms with E-state index >= 15 is 0 Å². The van der Waals surface area contributed by atoms with Crippen molar-refractivity contribution in [1.29, 1.82) is 0 Å². The molecular formula is C16H16ClNO4S. The number of halogens is 1. The van der Waals surface area contributed by atoms with Gasteiger partial charge in [-0.05, 0) is 42.8 Å². The molecule has 1 amide bonds. The molecule has 1 unspecified atom stereocenters. The molecule has 0 fully saturated rings. The zero-order chi connectivity index (χ0) is 17.2. The van der Waals surface area contributed by atoms with E-state index in [2.05, 4.69) is 5.32 Å². The zero-order valence-electron chi connectivity index (χ0n) is 12.6. The molecule has 122 valence electrons. The number of benzene rings is 2. The maximum atomic E-state index is 12.2. The van der Waals surface area contributed by atoms with Gasteiger partial charge in [0, 0.05) is 11.3 Å². The predicted octanol–water partition coefficient (Wildman–Crippen LogP) is 2.94. The molecule has 0 spiro atoms. The number of rotatable bonds is 4. The van der Waals surface area contributed by atoms with Gasteiger partial charge in [0.25, 0.3) is 5.91 Å². The van der Waals surface area contributed by atoms with Crippen molar-refractivity contribution in [2.75, 3.05) is 6.26 Å². The molecule has 23 heavy (non-hydrogen) atoms. The van der Waals surface area contributed by atoms with E-state index in [1.807, 2.05) is 0 Å². The lowest BCUT2D eigenvalue weighted by Gasteiger charge is -2.15. The van der Waals surface area contributed by atoms with Crippen molar-refractivity contribution in [2.24, 2.45) is 0 Å². The van der Waals surface area contributed by atoms with E-state index in [0.29, 0.717) is 5.02 Å². The third kappa shape index (κ3) is 4.24. The average molecular weight is 354 g/mol. The number of amides is 1. The van der Waals surface area contributed by atoms with Crippen molar-refractivity contribution < 1.29 is 18.3 Å². The molecule has 5 nitrogen and oxygen atoms in total. The number of hydrogen-bond acceptors (Lipinski definition) is 4. The lowest BCUT2D eigenvalue weighted by atomic mass is 10.1. The van der Waals surface area contributed by atoms with E-state index in [1.54, 1.807) is 19.1 Å². The molecule has 2 aromatic rings. The molecule has 0 aliphatic rings. The normalized spacial score (nSPS) is 12.7. The number of phenolic OH excluding ortho intramolecular Hbond substituents is 1. The molecule has 7 heteroatoms. The second-order valence-corrected chi connectivity index (χ2v) is 7.65. The summed E-state index contributed by atoms with van der Waals surface area (Å²) in [4.78, 5) is 12.4. The van der Waals surface area contributed by atoms with Crippen molar-refractivity contribution >= 4 is 27.3 Å². The van der Waals surface area contributed by atoms with Crippen LogP contribution in [0.2, 0.25) is 5.02 Å². The van der Waals surface area contributed by atoms with Gasteiger partial charge < -0.3 is 10.4 Å². The lowest BCUT2D eigenvalue weighted by molar-refractivity contribution is 0.0937. The lowest BCUT2D eigenvalue weighted by Crippen LogP contribution is -2.26. The smallest absolute Gasteiger partial charge is 0.255 e. The highest BCUT2D eigenvalue weighted by molar-refractivity contribution is 7.90. The van der Waals surface area contributed by atoms with Crippen LogP contribution in [0.4, 0.5) is 0 Å². The second kappa shape index (κ2) is 6.60. The van der Waals surface area contributed by atoms with E-state index in [-0.39, 0.29) is 22.3 Å². The molecule has 0 aliphatic heterocycles. The Kier molecular flexibility index (Phi) is 4.97. The summed E-state index contributed by atoms with van der Waals surface area (Å²) < 4.78 is 22.9. The number of aromatic hydroxyl groups is 1. The molecule has 0 aliphatic carbocycles. The first-order chi connectivity index (χ1) is 10.7. The van der Waals surface area contributed by atoms with Gasteiger partial charge in [0.05, 0.1) is 16.5 Å². The Morgan fingerprint density at radius 3 is 2.35 bits per heavy atom. The van der Waals surface area contributed by atoms with Crippen molar-refractivity contribution in [3.63, 3.8) is 0 Å². The number of nitrogens with one attached hydrogen (secondary N) is 1. The van der Waals surface area contributed by atoms with Gasteiger partial charge in [-0.25, -0.2) is 8.42 Å². The van der Waals surface area contributed by atoms with Gasteiger partial charge in [0.2, 0.25) is 0 Å². The number of phenols is 1. The molecule has 2 N–H and O–H groups in total. The van der Waals surface area contributed by atoms with E-state index < -0.39 is 15.7 Å². The maximum Gasteiger partial charge on any atom is 0.255 e. The van der Waals surface area contributed by atoms with Crippen LogP contribution in [-0.2, 0) is 9.84 Å². The summed E-state index contributed by atoms with van der Waals surface area (Å²) in [7, 11) is -3.26. The summed E-state index contributed by atoms with van der Waals surface area (Å²) in [5.41, 5.74) is 0.823. The first kappa shape index (κ1) is 17.3. The van der Waals surface area contributed by atoms with Crippen LogP contribution < -0.4 is 5.32 Å². The van der Waals surface area contributed by atoms with Gasteiger partial charge in [-0.2, -0.15) is 0 Å². The van der Waals surface area contributed by atoms with Gasteiger partial charge >= 0.3 is 0 Å². The molecule has 0 aromatic heterocycles. The van der Waals surface area contributed by atoms with Crippen LogP contribution in [0.5, 0.6) is 5.75 Å². The summed E-state index contributed by atoms with van der Waals surface area (Å²) >= 11 is 5.83. The van der Waals surface area contributed by atoms with Gasteiger partial charge in [-0.15, -0.1) is 0 Å². The van der Waals surface area contributed by atoms with E-state index in [0.717, 1.165) is 11.8 Å². The van der Waals surface area contributed by atoms with Crippen LogP contribution in [0.1, 0.15) is 28.9 Å². The average Bonchev–Trinajstić information content (AvgIpc) is 2.48. The van der Waals surface area contributed by atoms with Gasteiger partial charge in [-0.1, -0.05) is 23.7 Å². The number of hydrogen-bond donors (Lipinski definition) is 2. The Morgan fingerprint density at radius 2 is 1.78 bits per heavy atom. The number of carbonyl (C=O) groups is 1. The first-order valence-electron chi connectivity index (χ1n) is 6.78. The van der Waals surface area contributed by atoms with Crippen LogP contribution in [0.25, 0.3) is 0 Å². The minimum absolute atomic E-state index is 0.0807. The van der Waals surface area contributed by atoms with Crippen molar-refractivity contribution in [1.82, 2.24) is 5.32 Å². The van der Waals surface area contributed by atoms with Crippen LogP contribution in [0, 0.1) is 0 Å².